The van der Waals surface area contributed by atoms with Gasteiger partial charge in [-0.15, -0.1) is 0 Å². The quantitative estimate of drug-likeness (QED) is 0.907. The van der Waals surface area contributed by atoms with Gasteiger partial charge in [-0.1, -0.05) is 38.1 Å². The number of anilines is 1. The summed E-state index contributed by atoms with van der Waals surface area (Å²) in [7, 11) is 0. The molecule has 1 N–H and O–H groups in total. The normalized spacial score (nSPS) is 16.3. The zero-order chi connectivity index (χ0) is 15.6. The van der Waals surface area contributed by atoms with Gasteiger partial charge in [0.05, 0.1) is 6.26 Å². The number of amides is 2. The molecule has 0 radical (unpaired) electrons. The third-order valence-electron chi connectivity index (χ3n) is 3.44. The number of benzene rings is 1. The summed E-state index contributed by atoms with van der Waals surface area (Å²) >= 11 is 0. The van der Waals surface area contributed by atoms with Gasteiger partial charge in [-0.2, -0.15) is 10.1 Å². The van der Waals surface area contributed by atoms with Gasteiger partial charge in [0.2, 0.25) is 0 Å². The Morgan fingerprint density at radius 2 is 1.95 bits per heavy atom. The molecule has 1 aromatic heterocycles. The van der Waals surface area contributed by atoms with E-state index in [9.17, 15) is 4.79 Å². The Bertz CT molecular complexity index is 716. The standard InChI is InChI=1S/C17H17N3O2/c1-17(2)10-11-20(19-15(17)14-9-6-12-22-14)16(21)18-13-7-4-3-5-8-13/h3-12H,1-2H3,(H,18,21). The largest absolute Gasteiger partial charge is 0.463 e. The molecular weight excluding hydrogens is 278 g/mol. The van der Waals surface area contributed by atoms with Crippen LogP contribution in [0.4, 0.5) is 10.5 Å². The third kappa shape index (κ3) is 2.79. The van der Waals surface area contributed by atoms with Gasteiger partial charge in [0.15, 0.2) is 5.76 Å². The lowest BCUT2D eigenvalue weighted by molar-refractivity contribution is 0.228. The highest BCUT2D eigenvalue weighted by Crippen LogP contribution is 2.29. The molecule has 0 spiro atoms. The molecular formula is C17H17N3O2. The van der Waals surface area contributed by atoms with Crippen molar-refractivity contribution in [2.75, 3.05) is 5.32 Å². The third-order valence-corrected chi connectivity index (χ3v) is 3.44. The van der Waals surface area contributed by atoms with E-state index in [1.165, 1.54) is 5.01 Å². The second-order valence-electron chi connectivity index (χ2n) is 5.60. The second-order valence-corrected chi connectivity index (χ2v) is 5.60. The number of carbonyl (C=O) groups is 1. The molecule has 1 aliphatic rings. The van der Waals surface area contributed by atoms with E-state index in [1.54, 1.807) is 18.5 Å². The number of rotatable bonds is 2. The van der Waals surface area contributed by atoms with E-state index in [0.29, 0.717) is 11.5 Å². The van der Waals surface area contributed by atoms with E-state index in [-0.39, 0.29) is 11.4 Å². The van der Waals surface area contributed by atoms with Crippen LogP contribution in [0.5, 0.6) is 0 Å². The average molecular weight is 295 g/mol. The zero-order valence-electron chi connectivity index (χ0n) is 12.5. The highest BCUT2D eigenvalue weighted by molar-refractivity contribution is 6.05. The summed E-state index contributed by atoms with van der Waals surface area (Å²) in [6.45, 7) is 4.05. The van der Waals surface area contributed by atoms with Crippen LogP contribution in [-0.2, 0) is 0 Å². The molecule has 0 bridgehead atoms. The Kier molecular flexibility index (Phi) is 3.55. The average Bonchev–Trinajstić information content (AvgIpc) is 3.02. The first-order valence-corrected chi connectivity index (χ1v) is 7.04. The van der Waals surface area contributed by atoms with Gasteiger partial charge in [-0.3, -0.25) is 0 Å². The number of hydrogen-bond donors (Lipinski definition) is 1. The molecule has 0 unspecified atom stereocenters. The summed E-state index contributed by atoms with van der Waals surface area (Å²) in [4.78, 5) is 12.3. The molecule has 5 heteroatoms. The zero-order valence-corrected chi connectivity index (χ0v) is 12.5. The lowest BCUT2D eigenvalue weighted by Crippen LogP contribution is -2.35. The first-order chi connectivity index (χ1) is 10.6. The summed E-state index contributed by atoms with van der Waals surface area (Å²) in [6, 6.07) is 12.6. The van der Waals surface area contributed by atoms with Gasteiger partial charge in [0, 0.05) is 17.3 Å². The molecule has 5 nitrogen and oxygen atoms in total. The van der Waals surface area contributed by atoms with Crippen LogP contribution in [0.2, 0.25) is 0 Å². The molecule has 2 heterocycles. The predicted octanol–water partition coefficient (Wildman–Crippen LogP) is 4.07. The van der Waals surface area contributed by atoms with Crippen molar-refractivity contribution in [3.63, 3.8) is 0 Å². The molecule has 3 rings (SSSR count). The van der Waals surface area contributed by atoms with E-state index in [1.807, 2.05) is 56.3 Å². The molecule has 22 heavy (non-hydrogen) atoms. The smallest absolute Gasteiger partial charge is 0.346 e. The first-order valence-electron chi connectivity index (χ1n) is 7.04. The molecule has 1 aliphatic heterocycles. The molecule has 2 aromatic rings. The lowest BCUT2D eigenvalue weighted by Gasteiger charge is -2.28. The van der Waals surface area contributed by atoms with E-state index >= 15 is 0 Å². The monoisotopic (exact) mass is 295 g/mol. The fourth-order valence-corrected chi connectivity index (χ4v) is 2.20. The van der Waals surface area contributed by atoms with Crippen molar-refractivity contribution in [1.82, 2.24) is 5.01 Å². The van der Waals surface area contributed by atoms with Crippen LogP contribution in [0.15, 0.2) is 70.5 Å². The van der Waals surface area contributed by atoms with E-state index in [2.05, 4.69) is 10.4 Å². The molecule has 0 fully saturated rings. The van der Waals surface area contributed by atoms with Crippen LogP contribution in [0, 0.1) is 5.41 Å². The van der Waals surface area contributed by atoms with Crippen LogP contribution in [0.25, 0.3) is 0 Å². The first kappa shape index (κ1) is 14.1. The van der Waals surface area contributed by atoms with Gasteiger partial charge < -0.3 is 9.73 Å². The van der Waals surface area contributed by atoms with Crippen LogP contribution in [0.3, 0.4) is 0 Å². The highest BCUT2D eigenvalue weighted by atomic mass is 16.3. The summed E-state index contributed by atoms with van der Waals surface area (Å²) < 4.78 is 5.43. The number of furan rings is 1. The summed E-state index contributed by atoms with van der Waals surface area (Å²) in [5.41, 5.74) is 1.13. The molecule has 1 aromatic carbocycles. The Labute approximate surface area is 128 Å². The lowest BCUT2D eigenvalue weighted by atomic mass is 9.85. The van der Waals surface area contributed by atoms with Crippen molar-refractivity contribution in [2.45, 2.75) is 13.8 Å². The number of nitrogens with zero attached hydrogens (tertiary/aromatic N) is 2. The van der Waals surface area contributed by atoms with Crippen molar-refractivity contribution >= 4 is 17.4 Å². The van der Waals surface area contributed by atoms with Crippen molar-refractivity contribution in [1.29, 1.82) is 0 Å². The van der Waals surface area contributed by atoms with Gasteiger partial charge in [0.25, 0.3) is 0 Å². The number of para-hydroxylation sites is 1. The Hall–Kier alpha value is -2.82. The minimum absolute atomic E-state index is 0.304. The van der Waals surface area contributed by atoms with Gasteiger partial charge in [-0.05, 0) is 24.3 Å². The number of hydrogen-bond acceptors (Lipinski definition) is 3. The Morgan fingerprint density at radius 1 is 1.18 bits per heavy atom. The molecule has 112 valence electrons. The SMILES string of the molecule is CC1(C)C=CN(C(=O)Nc2ccccc2)N=C1c1ccco1. The van der Waals surface area contributed by atoms with Crippen LogP contribution >= 0.6 is 0 Å². The molecule has 0 aliphatic carbocycles. The van der Waals surface area contributed by atoms with Crippen LogP contribution in [0.1, 0.15) is 19.6 Å². The van der Waals surface area contributed by atoms with Crippen molar-refractivity contribution in [2.24, 2.45) is 10.5 Å². The van der Waals surface area contributed by atoms with Crippen LogP contribution in [-0.4, -0.2) is 16.8 Å². The van der Waals surface area contributed by atoms with Crippen molar-refractivity contribution in [3.8, 4) is 0 Å². The molecule has 0 saturated heterocycles. The second kappa shape index (κ2) is 5.52. The fourth-order valence-electron chi connectivity index (χ4n) is 2.20. The van der Waals surface area contributed by atoms with Crippen molar-refractivity contribution in [3.05, 3.63) is 66.8 Å². The summed E-state index contributed by atoms with van der Waals surface area (Å²) in [5.74, 6) is 0.659. The van der Waals surface area contributed by atoms with Crippen molar-refractivity contribution < 1.29 is 9.21 Å². The maximum atomic E-state index is 12.3. The maximum absolute atomic E-state index is 12.3. The summed E-state index contributed by atoms with van der Waals surface area (Å²) in [6.07, 6.45) is 5.20. The van der Waals surface area contributed by atoms with Gasteiger partial charge in [0.1, 0.15) is 5.71 Å². The number of allylic oxidation sites excluding steroid dienone is 1. The topological polar surface area (TPSA) is 57.8 Å². The summed E-state index contributed by atoms with van der Waals surface area (Å²) in [5, 5.41) is 8.52. The number of hydrazone groups is 1. The minimum Gasteiger partial charge on any atom is -0.463 e. The minimum atomic E-state index is -0.318. The van der Waals surface area contributed by atoms with E-state index in [0.717, 1.165) is 5.69 Å². The number of urea groups is 1. The van der Waals surface area contributed by atoms with Gasteiger partial charge >= 0.3 is 6.03 Å². The number of nitrogens with one attached hydrogen (secondary N) is 1. The highest BCUT2D eigenvalue weighted by Gasteiger charge is 2.31. The van der Waals surface area contributed by atoms with E-state index < -0.39 is 0 Å². The Morgan fingerprint density at radius 3 is 2.64 bits per heavy atom. The fraction of sp³-hybridized carbons (Fsp3) is 0.176. The molecule has 0 saturated carbocycles. The molecule has 0 atom stereocenters. The van der Waals surface area contributed by atoms with Gasteiger partial charge in [-0.25, -0.2) is 4.79 Å². The Balaban J connectivity index is 1.84. The van der Waals surface area contributed by atoms with E-state index in [4.69, 9.17) is 4.42 Å². The predicted molar refractivity (Wildman–Crippen MR) is 85.5 cm³/mol. The van der Waals surface area contributed by atoms with Crippen LogP contribution < -0.4 is 5.32 Å². The number of carbonyl (C=O) groups excluding carboxylic acids is 1. The maximum Gasteiger partial charge on any atom is 0.346 e. The molecule has 2 amide bonds.